The van der Waals surface area contributed by atoms with Gasteiger partial charge in [0.15, 0.2) is 0 Å². The van der Waals surface area contributed by atoms with E-state index in [2.05, 4.69) is 29.0 Å². The molecular weight excluding hydrogens is 210 g/mol. The zero-order chi connectivity index (χ0) is 12.1. The van der Waals surface area contributed by atoms with Gasteiger partial charge in [0.25, 0.3) is 0 Å². The van der Waals surface area contributed by atoms with Crippen molar-refractivity contribution in [1.82, 2.24) is 15.1 Å². The smallest absolute Gasteiger partial charge is 0.0235 e. The molecule has 0 aromatic heterocycles. The van der Waals surface area contributed by atoms with Gasteiger partial charge in [0.1, 0.15) is 0 Å². The Kier molecular flexibility index (Phi) is 5.26. The Morgan fingerprint density at radius 2 is 2.00 bits per heavy atom. The Morgan fingerprint density at radius 1 is 1.24 bits per heavy atom. The largest absolute Gasteiger partial charge is 0.313 e. The van der Waals surface area contributed by atoms with Crippen molar-refractivity contribution in [2.75, 3.05) is 39.3 Å². The SMILES string of the molecule is CCC(C)NCCN1CCC(N2CCCC2)C1. The maximum Gasteiger partial charge on any atom is 0.0235 e. The average Bonchev–Trinajstić information content (AvgIpc) is 2.98. The summed E-state index contributed by atoms with van der Waals surface area (Å²) in [6.07, 6.45) is 5.47. The topological polar surface area (TPSA) is 18.5 Å². The molecule has 2 aliphatic rings. The molecule has 2 fully saturated rings. The third kappa shape index (κ3) is 3.94. The lowest BCUT2D eigenvalue weighted by Gasteiger charge is -2.24. The van der Waals surface area contributed by atoms with Crippen LogP contribution in [-0.2, 0) is 0 Å². The Labute approximate surface area is 107 Å². The molecule has 2 saturated heterocycles. The van der Waals surface area contributed by atoms with Crippen molar-refractivity contribution in [3.63, 3.8) is 0 Å². The third-order valence-corrected chi connectivity index (χ3v) is 4.44. The van der Waals surface area contributed by atoms with E-state index in [9.17, 15) is 0 Å². The maximum atomic E-state index is 3.59. The lowest BCUT2D eigenvalue weighted by Crippen LogP contribution is -2.38. The highest BCUT2D eigenvalue weighted by molar-refractivity contribution is 4.85. The fourth-order valence-corrected chi connectivity index (χ4v) is 3.03. The van der Waals surface area contributed by atoms with Crippen LogP contribution in [0.25, 0.3) is 0 Å². The van der Waals surface area contributed by atoms with E-state index in [1.165, 1.54) is 58.4 Å². The molecule has 0 aromatic rings. The molecule has 100 valence electrons. The van der Waals surface area contributed by atoms with Crippen LogP contribution in [0.3, 0.4) is 0 Å². The lowest BCUT2D eigenvalue weighted by molar-refractivity contribution is 0.231. The summed E-state index contributed by atoms with van der Waals surface area (Å²) < 4.78 is 0. The molecule has 2 heterocycles. The first kappa shape index (κ1) is 13.3. The number of nitrogens with zero attached hydrogens (tertiary/aromatic N) is 2. The van der Waals surface area contributed by atoms with Gasteiger partial charge in [-0.25, -0.2) is 0 Å². The van der Waals surface area contributed by atoms with Crippen LogP contribution in [0, 0.1) is 0 Å². The molecule has 1 N–H and O–H groups in total. The van der Waals surface area contributed by atoms with E-state index in [1.807, 2.05) is 0 Å². The molecule has 0 amide bonds. The molecule has 0 radical (unpaired) electrons. The van der Waals surface area contributed by atoms with Crippen molar-refractivity contribution >= 4 is 0 Å². The summed E-state index contributed by atoms with van der Waals surface area (Å²) in [6, 6.07) is 1.54. The first-order valence-corrected chi connectivity index (χ1v) is 7.49. The zero-order valence-electron chi connectivity index (χ0n) is 11.6. The van der Waals surface area contributed by atoms with E-state index in [0.717, 1.165) is 12.6 Å². The van der Waals surface area contributed by atoms with Crippen molar-refractivity contribution in [3.8, 4) is 0 Å². The summed E-state index contributed by atoms with van der Waals surface area (Å²) in [5.74, 6) is 0. The second-order valence-electron chi connectivity index (χ2n) is 5.75. The quantitative estimate of drug-likeness (QED) is 0.758. The van der Waals surface area contributed by atoms with Gasteiger partial charge >= 0.3 is 0 Å². The highest BCUT2D eigenvalue weighted by atomic mass is 15.3. The van der Waals surface area contributed by atoms with E-state index >= 15 is 0 Å². The molecule has 2 rings (SSSR count). The van der Waals surface area contributed by atoms with E-state index < -0.39 is 0 Å². The van der Waals surface area contributed by atoms with E-state index in [-0.39, 0.29) is 0 Å². The van der Waals surface area contributed by atoms with Crippen LogP contribution in [0.15, 0.2) is 0 Å². The molecule has 0 saturated carbocycles. The summed E-state index contributed by atoms with van der Waals surface area (Å²) in [5, 5.41) is 3.59. The minimum atomic E-state index is 0.673. The van der Waals surface area contributed by atoms with Crippen molar-refractivity contribution in [2.45, 2.75) is 51.6 Å². The normalized spacial score (nSPS) is 28.9. The minimum absolute atomic E-state index is 0.673. The molecule has 2 unspecified atom stereocenters. The number of rotatable bonds is 6. The molecule has 0 aromatic carbocycles. The van der Waals surface area contributed by atoms with Crippen LogP contribution in [0.4, 0.5) is 0 Å². The summed E-state index contributed by atoms with van der Waals surface area (Å²) in [4.78, 5) is 5.35. The van der Waals surface area contributed by atoms with Crippen molar-refractivity contribution in [2.24, 2.45) is 0 Å². The standard InChI is InChI=1S/C14H29N3/c1-3-13(2)15-7-11-16-10-6-14(12-16)17-8-4-5-9-17/h13-15H,3-12H2,1-2H3. The van der Waals surface area contributed by atoms with Gasteiger partial charge in [-0.15, -0.1) is 0 Å². The number of hydrogen-bond donors (Lipinski definition) is 1. The molecule has 3 nitrogen and oxygen atoms in total. The molecule has 2 aliphatic heterocycles. The van der Waals surface area contributed by atoms with Gasteiger partial charge in [-0.05, 0) is 52.2 Å². The van der Waals surface area contributed by atoms with Gasteiger partial charge in [0.2, 0.25) is 0 Å². The van der Waals surface area contributed by atoms with Crippen LogP contribution in [-0.4, -0.2) is 61.2 Å². The highest BCUT2D eigenvalue weighted by Crippen LogP contribution is 2.19. The van der Waals surface area contributed by atoms with E-state index in [4.69, 9.17) is 0 Å². The minimum Gasteiger partial charge on any atom is -0.313 e. The number of nitrogens with one attached hydrogen (secondary N) is 1. The van der Waals surface area contributed by atoms with Crippen LogP contribution in [0.1, 0.15) is 39.5 Å². The highest BCUT2D eigenvalue weighted by Gasteiger charge is 2.28. The fraction of sp³-hybridized carbons (Fsp3) is 1.00. The molecule has 0 bridgehead atoms. The first-order chi connectivity index (χ1) is 8.29. The van der Waals surface area contributed by atoms with Gasteiger partial charge in [0, 0.05) is 31.7 Å². The van der Waals surface area contributed by atoms with Gasteiger partial charge in [-0.2, -0.15) is 0 Å². The Hall–Kier alpha value is -0.120. The van der Waals surface area contributed by atoms with Gasteiger partial charge in [-0.3, -0.25) is 4.90 Å². The number of hydrogen-bond acceptors (Lipinski definition) is 3. The molecule has 0 aliphatic carbocycles. The molecule has 3 heteroatoms. The third-order valence-electron chi connectivity index (χ3n) is 4.44. The Bertz CT molecular complexity index is 214. The van der Waals surface area contributed by atoms with Gasteiger partial charge in [0.05, 0.1) is 0 Å². The predicted octanol–water partition coefficient (Wildman–Crippen LogP) is 1.54. The van der Waals surface area contributed by atoms with Crippen molar-refractivity contribution in [3.05, 3.63) is 0 Å². The Morgan fingerprint density at radius 3 is 2.71 bits per heavy atom. The molecule has 2 atom stereocenters. The second kappa shape index (κ2) is 6.72. The first-order valence-electron chi connectivity index (χ1n) is 7.49. The lowest BCUT2D eigenvalue weighted by atomic mass is 10.2. The Balaban J connectivity index is 1.60. The predicted molar refractivity (Wildman–Crippen MR) is 73.4 cm³/mol. The summed E-state index contributed by atoms with van der Waals surface area (Å²) in [6.45, 7) is 12.2. The maximum absolute atomic E-state index is 3.59. The zero-order valence-corrected chi connectivity index (χ0v) is 11.6. The monoisotopic (exact) mass is 239 g/mol. The summed E-state index contributed by atoms with van der Waals surface area (Å²) in [7, 11) is 0. The molecule has 0 spiro atoms. The fourth-order valence-electron chi connectivity index (χ4n) is 3.03. The van der Waals surface area contributed by atoms with Crippen molar-refractivity contribution in [1.29, 1.82) is 0 Å². The van der Waals surface area contributed by atoms with E-state index in [1.54, 1.807) is 0 Å². The van der Waals surface area contributed by atoms with Crippen LogP contribution in [0.2, 0.25) is 0 Å². The summed E-state index contributed by atoms with van der Waals surface area (Å²) >= 11 is 0. The summed E-state index contributed by atoms with van der Waals surface area (Å²) in [5.41, 5.74) is 0. The van der Waals surface area contributed by atoms with Crippen LogP contribution < -0.4 is 5.32 Å². The second-order valence-corrected chi connectivity index (χ2v) is 5.75. The van der Waals surface area contributed by atoms with Gasteiger partial charge < -0.3 is 10.2 Å². The van der Waals surface area contributed by atoms with Gasteiger partial charge in [-0.1, -0.05) is 6.92 Å². The number of likely N-dealkylation sites (tertiary alicyclic amines) is 2. The average molecular weight is 239 g/mol. The molecule has 17 heavy (non-hydrogen) atoms. The van der Waals surface area contributed by atoms with E-state index in [0.29, 0.717) is 6.04 Å². The van der Waals surface area contributed by atoms with Crippen LogP contribution >= 0.6 is 0 Å². The van der Waals surface area contributed by atoms with Crippen LogP contribution in [0.5, 0.6) is 0 Å². The van der Waals surface area contributed by atoms with Crippen molar-refractivity contribution < 1.29 is 0 Å². The molecular formula is C14H29N3.